The molecule has 2 aliphatic rings. The Balaban J connectivity index is 1.53. The molecule has 1 fully saturated rings. The van der Waals surface area contributed by atoms with Crippen LogP contribution in [0.1, 0.15) is 24.8 Å². The van der Waals surface area contributed by atoms with E-state index in [1.54, 1.807) is 29.2 Å². The molecule has 1 aliphatic heterocycles. The van der Waals surface area contributed by atoms with E-state index in [-0.39, 0.29) is 29.9 Å². The fraction of sp³-hybridized carbons (Fsp3) is 0.348. The van der Waals surface area contributed by atoms with Crippen LogP contribution in [-0.2, 0) is 11.3 Å². The van der Waals surface area contributed by atoms with Crippen molar-refractivity contribution in [3.05, 3.63) is 64.2 Å². The molecule has 5 N–H and O–H groups in total. The fourth-order valence-electron chi connectivity index (χ4n) is 3.96. The van der Waals surface area contributed by atoms with Crippen LogP contribution in [0.2, 0.25) is 5.02 Å². The number of hydrogen-bond acceptors (Lipinski definition) is 5. The minimum absolute atomic E-state index is 0.00877. The average Bonchev–Trinajstić information content (AvgIpc) is 3.64. The highest BCUT2D eigenvalue weighted by atomic mass is 35.5. The summed E-state index contributed by atoms with van der Waals surface area (Å²) in [6.07, 6.45) is 5.20. The summed E-state index contributed by atoms with van der Waals surface area (Å²) in [6.45, 7) is 0.740. The first-order chi connectivity index (χ1) is 15.5. The van der Waals surface area contributed by atoms with E-state index in [1.165, 1.54) is 12.3 Å². The number of rotatable bonds is 9. The second-order valence-electron chi connectivity index (χ2n) is 8.08. The van der Waals surface area contributed by atoms with Gasteiger partial charge in [-0.15, -0.1) is 0 Å². The van der Waals surface area contributed by atoms with Crippen LogP contribution in [0.25, 0.3) is 0 Å². The maximum absolute atomic E-state index is 13.9. The molecular formula is C23H26ClFN5O2+. The van der Waals surface area contributed by atoms with Gasteiger partial charge in [-0.3, -0.25) is 4.79 Å². The van der Waals surface area contributed by atoms with Crippen LogP contribution in [0.5, 0.6) is 0 Å². The molecule has 4 rings (SSSR count). The van der Waals surface area contributed by atoms with Gasteiger partial charge in [-0.1, -0.05) is 29.8 Å². The number of hydrogen-bond donors (Lipinski definition) is 4. The van der Waals surface area contributed by atoms with Gasteiger partial charge in [0, 0.05) is 30.8 Å². The molecule has 1 amide bonds. The number of nitrogens with two attached hydrogens (primary N) is 1. The SMILES string of the molecule is N=CC1=C([NH2+]Cc2ccccc2F)CCN(c2cc(N[C@H](CO)C3CC3)ncc2Cl)C1=O. The number of carbonyl (C=O) groups excluding carboxylic acids is 1. The largest absolute Gasteiger partial charge is 0.394 e. The van der Waals surface area contributed by atoms with Crippen molar-refractivity contribution >= 4 is 35.2 Å². The summed E-state index contributed by atoms with van der Waals surface area (Å²) in [5.41, 5.74) is 2.04. The van der Waals surface area contributed by atoms with Gasteiger partial charge in [0.25, 0.3) is 5.91 Å². The zero-order valence-corrected chi connectivity index (χ0v) is 18.3. The predicted octanol–water partition coefficient (Wildman–Crippen LogP) is 2.46. The number of benzene rings is 1. The lowest BCUT2D eigenvalue weighted by atomic mass is 10.0. The number of halogens is 2. The summed E-state index contributed by atoms with van der Waals surface area (Å²) in [5, 5.41) is 22.8. The molecule has 168 valence electrons. The molecule has 2 heterocycles. The van der Waals surface area contributed by atoms with Gasteiger partial charge in [0.2, 0.25) is 0 Å². The van der Waals surface area contributed by atoms with Crippen LogP contribution < -0.4 is 15.5 Å². The zero-order chi connectivity index (χ0) is 22.7. The van der Waals surface area contributed by atoms with Gasteiger partial charge in [0.15, 0.2) is 0 Å². The van der Waals surface area contributed by atoms with E-state index in [0.29, 0.717) is 47.5 Å². The maximum Gasteiger partial charge on any atom is 0.265 e. The Morgan fingerprint density at radius 3 is 2.88 bits per heavy atom. The molecule has 9 heteroatoms. The molecule has 1 aromatic carbocycles. The smallest absolute Gasteiger partial charge is 0.265 e. The Bertz CT molecular complexity index is 1060. The highest BCUT2D eigenvalue weighted by Crippen LogP contribution is 2.35. The molecule has 7 nitrogen and oxygen atoms in total. The monoisotopic (exact) mass is 458 g/mol. The Morgan fingerprint density at radius 2 is 2.19 bits per heavy atom. The van der Waals surface area contributed by atoms with Crippen LogP contribution in [0.4, 0.5) is 15.9 Å². The fourth-order valence-corrected chi connectivity index (χ4v) is 4.16. The highest BCUT2D eigenvalue weighted by molar-refractivity contribution is 6.34. The molecule has 0 saturated heterocycles. The molecule has 0 bridgehead atoms. The van der Waals surface area contributed by atoms with E-state index in [1.807, 2.05) is 5.32 Å². The first kappa shape index (κ1) is 22.4. The van der Waals surface area contributed by atoms with E-state index in [0.717, 1.165) is 24.8 Å². The lowest BCUT2D eigenvalue weighted by Crippen LogP contribution is -2.82. The zero-order valence-electron chi connectivity index (χ0n) is 17.5. The van der Waals surface area contributed by atoms with E-state index in [9.17, 15) is 14.3 Å². The number of pyridine rings is 1. The van der Waals surface area contributed by atoms with Crippen molar-refractivity contribution in [2.45, 2.75) is 31.8 Å². The third-order valence-corrected chi connectivity index (χ3v) is 6.23. The topological polar surface area (TPSA) is 106 Å². The van der Waals surface area contributed by atoms with Gasteiger partial charge in [-0.2, -0.15) is 0 Å². The Labute approximate surface area is 190 Å². The standard InChI is InChI=1S/C23H25ClFN5O2/c24-17-12-28-22(29-20(13-31)14-5-6-14)9-21(17)30-8-7-19(16(10-26)23(30)32)27-11-15-3-1-2-4-18(15)25/h1-4,9-10,12,14,20,26-27,31H,5-8,11,13H2,(H,28,29)/p+1/t20-/m1/s1. The number of aliphatic hydroxyl groups excluding tert-OH is 1. The van der Waals surface area contributed by atoms with Gasteiger partial charge < -0.3 is 26.0 Å². The Morgan fingerprint density at radius 1 is 1.41 bits per heavy atom. The van der Waals surface area contributed by atoms with Crippen LogP contribution >= 0.6 is 11.6 Å². The van der Waals surface area contributed by atoms with Crippen LogP contribution in [0.15, 0.2) is 47.8 Å². The number of quaternary nitrogens is 1. The van der Waals surface area contributed by atoms with Crippen molar-refractivity contribution in [1.29, 1.82) is 5.41 Å². The number of nitrogens with zero attached hydrogens (tertiary/aromatic N) is 2. The average molecular weight is 459 g/mol. The first-order valence-corrected chi connectivity index (χ1v) is 11.0. The van der Waals surface area contributed by atoms with Crippen molar-refractivity contribution < 1.29 is 19.6 Å². The number of carbonyl (C=O) groups is 1. The summed E-state index contributed by atoms with van der Waals surface area (Å²) in [6, 6.07) is 8.15. The number of amides is 1. The molecule has 1 atom stereocenters. The molecule has 1 saturated carbocycles. The molecule has 0 radical (unpaired) electrons. The van der Waals surface area contributed by atoms with Crippen molar-refractivity contribution in [1.82, 2.24) is 4.98 Å². The molecule has 1 aliphatic carbocycles. The number of anilines is 2. The van der Waals surface area contributed by atoms with Crippen molar-refractivity contribution in [3.8, 4) is 0 Å². The Hall–Kier alpha value is -2.81. The normalized spacial score (nSPS) is 17.5. The van der Waals surface area contributed by atoms with Crippen LogP contribution in [0.3, 0.4) is 0 Å². The second kappa shape index (κ2) is 9.77. The van der Waals surface area contributed by atoms with E-state index < -0.39 is 0 Å². The van der Waals surface area contributed by atoms with Crippen LogP contribution in [0, 0.1) is 17.1 Å². The minimum atomic E-state index is -0.328. The second-order valence-corrected chi connectivity index (χ2v) is 8.49. The number of aliphatic hydroxyl groups is 1. The molecule has 0 unspecified atom stereocenters. The van der Waals surface area contributed by atoms with Gasteiger partial charge >= 0.3 is 0 Å². The maximum atomic E-state index is 13.9. The quantitative estimate of drug-likeness (QED) is 0.433. The summed E-state index contributed by atoms with van der Waals surface area (Å²) < 4.78 is 13.9. The first-order valence-electron chi connectivity index (χ1n) is 10.7. The van der Waals surface area contributed by atoms with E-state index in [4.69, 9.17) is 17.0 Å². The number of aromatic nitrogens is 1. The molecule has 32 heavy (non-hydrogen) atoms. The molecule has 0 spiro atoms. The van der Waals surface area contributed by atoms with Crippen LogP contribution in [-0.4, -0.2) is 41.4 Å². The summed E-state index contributed by atoms with van der Waals surface area (Å²) >= 11 is 6.37. The summed E-state index contributed by atoms with van der Waals surface area (Å²) in [5.74, 6) is 0.351. The lowest BCUT2D eigenvalue weighted by molar-refractivity contribution is -0.625. The molecular weight excluding hydrogens is 433 g/mol. The third kappa shape index (κ3) is 4.82. The van der Waals surface area contributed by atoms with Gasteiger partial charge in [0.1, 0.15) is 29.4 Å². The predicted molar refractivity (Wildman–Crippen MR) is 121 cm³/mol. The minimum Gasteiger partial charge on any atom is -0.394 e. The van der Waals surface area contributed by atoms with Crippen molar-refractivity contribution in [2.24, 2.45) is 5.92 Å². The van der Waals surface area contributed by atoms with E-state index >= 15 is 0 Å². The molecule has 2 aromatic rings. The number of nitrogens with one attached hydrogen (secondary N) is 2. The Kier molecular flexibility index (Phi) is 6.83. The lowest BCUT2D eigenvalue weighted by Gasteiger charge is -2.29. The van der Waals surface area contributed by atoms with Gasteiger partial charge in [0.05, 0.1) is 29.6 Å². The van der Waals surface area contributed by atoms with Gasteiger partial charge in [-0.05, 0) is 24.8 Å². The van der Waals surface area contributed by atoms with Crippen molar-refractivity contribution in [3.63, 3.8) is 0 Å². The van der Waals surface area contributed by atoms with E-state index in [2.05, 4.69) is 10.3 Å². The van der Waals surface area contributed by atoms with Gasteiger partial charge in [-0.25, -0.2) is 9.37 Å². The third-order valence-electron chi connectivity index (χ3n) is 5.94. The highest BCUT2D eigenvalue weighted by Gasteiger charge is 2.33. The summed E-state index contributed by atoms with van der Waals surface area (Å²) in [4.78, 5) is 19.0. The van der Waals surface area contributed by atoms with Crippen molar-refractivity contribution in [2.75, 3.05) is 23.4 Å². The molecule has 1 aromatic heterocycles. The summed E-state index contributed by atoms with van der Waals surface area (Å²) in [7, 11) is 0.